The molecule has 0 unspecified atom stereocenters. The van der Waals surface area contributed by atoms with Gasteiger partial charge in [-0.1, -0.05) is 5.16 Å². The standard InChI is InChI=1S/C5H7N3O/c1-8-4-5(2-6-8)3-7-9/h2-4,9H,1H3. The van der Waals surface area contributed by atoms with Crippen molar-refractivity contribution < 1.29 is 5.21 Å². The van der Waals surface area contributed by atoms with Gasteiger partial charge in [-0.15, -0.1) is 0 Å². The molecule has 0 aliphatic rings. The van der Waals surface area contributed by atoms with E-state index in [9.17, 15) is 0 Å². The molecule has 0 fully saturated rings. The van der Waals surface area contributed by atoms with Crippen molar-refractivity contribution in [3.8, 4) is 0 Å². The quantitative estimate of drug-likeness (QED) is 0.332. The highest BCUT2D eigenvalue weighted by Gasteiger charge is 1.88. The minimum atomic E-state index is 0.792. The molecule has 4 nitrogen and oxygen atoms in total. The average molecular weight is 125 g/mol. The van der Waals surface area contributed by atoms with Crippen LogP contribution in [-0.4, -0.2) is 21.2 Å². The predicted octanol–water partition coefficient (Wildman–Crippen LogP) is 0.228. The second-order valence-electron chi connectivity index (χ2n) is 1.69. The van der Waals surface area contributed by atoms with Gasteiger partial charge in [0.1, 0.15) is 0 Å². The van der Waals surface area contributed by atoms with E-state index in [-0.39, 0.29) is 0 Å². The van der Waals surface area contributed by atoms with Gasteiger partial charge in [0.2, 0.25) is 0 Å². The monoisotopic (exact) mass is 125 g/mol. The fourth-order valence-corrected chi connectivity index (χ4v) is 0.573. The molecular formula is C5H7N3O. The Kier molecular flexibility index (Phi) is 1.48. The van der Waals surface area contributed by atoms with Gasteiger partial charge in [0, 0.05) is 18.8 Å². The molecule has 0 aliphatic carbocycles. The van der Waals surface area contributed by atoms with Gasteiger partial charge in [0.15, 0.2) is 0 Å². The number of rotatable bonds is 1. The largest absolute Gasteiger partial charge is 0.411 e. The van der Waals surface area contributed by atoms with Gasteiger partial charge < -0.3 is 5.21 Å². The van der Waals surface area contributed by atoms with E-state index in [1.165, 1.54) is 6.21 Å². The molecule has 0 saturated carbocycles. The Hall–Kier alpha value is -1.32. The predicted molar refractivity (Wildman–Crippen MR) is 32.6 cm³/mol. The maximum Gasteiger partial charge on any atom is 0.0765 e. The molecule has 1 aromatic heterocycles. The van der Waals surface area contributed by atoms with Gasteiger partial charge in [-0.05, 0) is 0 Å². The molecule has 1 heterocycles. The zero-order valence-electron chi connectivity index (χ0n) is 5.02. The van der Waals surface area contributed by atoms with Crippen molar-refractivity contribution in [2.24, 2.45) is 12.2 Å². The number of nitrogens with zero attached hydrogens (tertiary/aromatic N) is 3. The fourth-order valence-electron chi connectivity index (χ4n) is 0.573. The molecule has 0 amide bonds. The Morgan fingerprint density at radius 2 is 2.67 bits per heavy atom. The van der Waals surface area contributed by atoms with Crippen molar-refractivity contribution in [2.75, 3.05) is 0 Å². The van der Waals surface area contributed by atoms with E-state index in [0.717, 1.165) is 5.56 Å². The summed E-state index contributed by atoms with van der Waals surface area (Å²) in [5.41, 5.74) is 0.792. The van der Waals surface area contributed by atoms with Gasteiger partial charge in [-0.25, -0.2) is 0 Å². The highest BCUT2D eigenvalue weighted by atomic mass is 16.4. The average Bonchev–Trinajstić information content (AvgIpc) is 2.17. The normalized spacial score (nSPS) is 10.8. The lowest BCUT2D eigenvalue weighted by atomic mass is 10.4. The van der Waals surface area contributed by atoms with Crippen LogP contribution in [0.4, 0.5) is 0 Å². The second-order valence-corrected chi connectivity index (χ2v) is 1.69. The Bertz CT molecular complexity index is 216. The van der Waals surface area contributed by atoms with Crippen molar-refractivity contribution in [1.82, 2.24) is 9.78 Å². The van der Waals surface area contributed by atoms with Gasteiger partial charge in [0.05, 0.1) is 12.4 Å². The number of oxime groups is 1. The van der Waals surface area contributed by atoms with Gasteiger partial charge in [-0.2, -0.15) is 5.10 Å². The summed E-state index contributed by atoms with van der Waals surface area (Å²) < 4.78 is 1.64. The number of aryl methyl sites for hydroxylation is 1. The molecule has 0 aromatic carbocycles. The Balaban J connectivity index is 2.85. The number of hydrogen-bond donors (Lipinski definition) is 1. The SMILES string of the molecule is Cn1cc(C=NO)cn1. The number of hydrogen-bond acceptors (Lipinski definition) is 3. The van der Waals surface area contributed by atoms with Crippen LogP contribution in [0.1, 0.15) is 5.56 Å². The van der Waals surface area contributed by atoms with Crippen molar-refractivity contribution in [3.05, 3.63) is 18.0 Å². The van der Waals surface area contributed by atoms with E-state index < -0.39 is 0 Å². The van der Waals surface area contributed by atoms with Crippen LogP contribution in [0.3, 0.4) is 0 Å². The Labute approximate surface area is 52.4 Å². The summed E-state index contributed by atoms with van der Waals surface area (Å²) in [5, 5.41) is 14.8. The third kappa shape index (κ3) is 1.28. The zero-order valence-corrected chi connectivity index (χ0v) is 5.02. The topological polar surface area (TPSA) is 50.4 Å². The fraction of sp³-hybridized carbons (Fsp3) is 0.200. The highest BCUT2D eigenvalue weighted by molar-refractivity contribution is 5.77. The van der Waals surface area contributed by atoms with E-state index in [2.05, 4.69) is 10.3 Å². The lowest BCUT2D eigenvalue weighted by Gasteiger charge is -1.79. The van der Waals surface area contributed by atoms with E-state index in [0.29, 0.717) is 0 Å². The van der Waals surface area contributed by atoms with E-state index >= 15 is 0 Å². The summed E-state index contributed by atoms with van der Waals surface area (Å²) in [4.78, 5) is 0. The first-order valence-corrected chi connectivity index (χ1v) is 2.49. The summed E-state index contributed by atoms with van der Waals surface area (Å²) in [6.45, 7) is 0. The van der Waals surface area contributed by atoms with Crippen LogP contribution < -0.4 is 0 Å². The molecule has 0 radical (unpaired) electrons. The number of aromatic nitrogens is 2. The van der Waals surface area contributed by atoms with Crippen LogP contribution in [0.15, 0.2) is 17.5 Å². The molecule has 0 aliphatic heterocycles. The molecule has 0 atom stereocenters. The Morgan fingerprint density at radius 3 is 3.11 bits per heavy atom. The first-order valence-electron chi connectivity index (χ1n) is 2.49. The van der Waals surface area contributed by atoms with Crippen LogP contribution in [0.25, 0.3) is 0 Å². The van der Waals surface area contributed by atoms with Crippen molar-refractivity contribution in [3.63, 3.8) is 0 Å². The molecule has 0 bridgehead atoms. The molecule has 1 aromatic rings. The second kappa shape index (κ2) is 2.30. The van der Waals surface area contributed by atoms with E-state index in [1.807, 2.05) is 0 Å². The van der Waals surface area contributed by atoms with Crippen molar-refractivity contribution in [2.45, 2.75) is 0 Å². The minimum absolute atomic E-state index is 0.792. The summed E-state index contributed by atoms with van der Waals surface area (Å²) in [6, 6.07) is 0. The smallest absolute Gasteiger partial charge is 0.0765 e. The van der Waals surface area contributed by atoms with E-state index in [4.69, 9.17) is 5.21 Å². The first-order chi connectivity index (χ1) is 4.33. The van der Waals surface area contributed by atoms with Crippen LogP contribution in [-0.2, 0) is 7.05 Å². The molecule has 1 rings (SSSR count). The third-order valence-electron chi connectivity index (χ3n) is 0.932. The van der Waals surface area contributed by atoms with Crippen molar-refractivity contribution >= 4 is 6.21 Å². The van der Waals surface area contributed by atoms with Gasteiger partial charge in [-0.3, -0.25) is 4.68 Å². The molecule has 1 N–H and O–H groups in total. The van der Waals surface area contributed by atoms with Gasteiger partial charge in [0.25, 0.3) is 0 Å². The third-order valence-corrected chi connectivity index (χ3v) is 0.932. The van der Waals surface area contributed by atoms with Crippen molar-refractivity contribution in [1.29, 1.82) is 0 Å². The van der Waals surface area contributed by atoms with Crippen LogP contribution in [0.5, 0.6) is 0 Å². The minimum Gasteiger partial charge on any atom is -0.411 e. The van der Waals surface area contributed by atoms with Crippen LogP contribution in [0, 0.1) is 0 Å². The first kappa shape index (κ1) is 5.81. The Morgan fingerprint density at radius 1 is 1.89 bits per heavy atom. The molecule has 4 heteroatoms. The lowest BCUT2D eigenvalue weighted by Crippen LogP contribution is -1.84. The molecule has 0 saturated heterocycles. The summed E-state index contributed by atoms with van der Waals surface area (Å²) >= 11 is 0. The summed E-state index contributed by atoms with van der Waals surface area (Å²) in [5.74, 6) is 0. The van der Waals surface area contributed by atoms with E-state index in [1.54, 1.807) is 24.1 Å². The maximum atomic E-state index is 8.06. The summed E-state index contributed by atoms with van der Waals surface area (Å²) in [6.07, 6.45) is 4.69. The highest BCUT2D eigenvalue weighted by Crippen LogP contribution is 1.89. The van der Waals surface area contributed by atoms with Crippen LogP contribution in [0.2, 0.25) is 0 Å². The lowest BCUT2D eigenvalue weighted by molar-refractivity contribution is 0.322. The maximum absolute atomic E-state index is 8.06. The molecule has 9 heavy (non-hydrogen) atoms. The molecule has 48 valence electrons. The zero-order chi connectivity index (χ0) is 6.69. The van der Waals surface area contributed by atoms with Gasteiger partial charge >= 0.3 is 0 Å². The molecular weight excluding hydrogens is 118 g/mol. The van der Waals surface area contributed by atoms with Crippen LogP contribution >= 0.6 is 0 Å². The summed E-state index contributed by atoms with van der Waals surface area (Å²) in [7, 11) is 1.80. The molecule has 0 spiro atoms.